The summed E-state index contributed by atoms with van der Waals surface area (Å²) in [5.41, 5.74) is 1.72. The summed E-state index contributed by atoms with van der Waals surface area (Å²) in [4.78, 5) is 11.1. The molecule has 1 aromatic carbocycles. The maximum Gasteiger partial charge on any atom is 0.153 e. The summed E-state index contributed by atoms with van der Waals surface area (Å²) >= 11 is 3.48. The Balaban J connectivity index is 3.31. The Kier molecular flexibility index (Phi) is 4.36. The lowest BCUT2D eigenvalue weighted by Gasteiger charge is -2.22. The average molecular weight is 299 g/mol. The Morgan fingerprint density at radius 2 is 1.88 bits per heavy atom. The van der Waals surface area contributed by atoms with Crippen molar-refractivity contribution in [2.75, 3.05) is 0 Å². The van der Waals surface area contributed by atoms with Gasteiger partial charge in [-0.25, -0.2) is 0 Å². The van der Waals surface area contributed by atoms with E-state index in [1.165, 1.54) is 0 Å². The van der Waals surface area contributed by atoms with Crippen molar-refractivity contribution in [1.29, 1.82) is 0 Å². The van der Waals surface area contributed by atoms with E-state index in [0.29, 0.717) is 11.3 Å². The summed E-state index contributed by atoms with van der Waals surface area (Å²) in [7, 11) is 0. The number of aldehydes is 1. The number of hydrogen-bond acceptors (Lipinski definition) is 2. The molecule has 0 unspecified atom stereocenters. The molecule has 0 aliphatic heterocycles. The first-order valence-electron chi connectivity index (χ1n) is 5.71. The van der Waals surface area contributed by atoms with Crippen molar-refractivity contribution in [3.63, 3.8) is 0 Å². The van der Waals surface area contributed by atoms with Crippen LogP contribution in [-0.2, 0) is 5.41 Å². The van der Waals surface area contributed by atoms with E-state index in [2.05, 4.69) is 36.7 Å². The van der Waals surface area contributed by atoms with Gasteiger partial charge in [-0.15, -0.1) is 0 Å². The Morgan fingerprint density at radius 3 is 2.29 bits per heavy atom. The number of halogens is 1. The molecule has 0 saturated heterocycles. The lowest BCUT2D eigenvalue weighted by molar-refractivity contribution is 0.111. The van der Waals surface area contributed by atoms with Gasteiger partial charge in [0.2, 0.25) is 0 Å². The molecule has 0 radical (unpaired) electrons. The third-order valence-corrected chi connectivity index (χ3v) is 3.01. The van der Waals surface area contributed by atoms with Crippen molar-refractivity contribution >= 4 is 22.2 Å². The zero-order valence-electron chi connectivity index (χ0n) is 11.0. The van der Waals surface area contributed by atoms with Gasteiger partial charge in [0.1, 0.15) is 5.75 Å². The summed E-state index contributed by atoms with van der Waals surface area (Å²) in [6, 6.07) is 3.92. The highest BCUT2D eigenvalue weighted by Crippen LogP contribution is 2.34. The minimum absolute atomic E-state index is 0.0106. The maximum atomic E-state index is 11.1. The topological polar surface area (TPSA) is 26.3 Å². The molecule has 17 heavy (non-hydrogen) atoms. The fourth-order valence-electron chi connectivity index (χ4n) is 1.50. The highest BCUT2D eigenvalue weighted by atomic mass is 79.9. The highest BCUT2D eigenvalue weighted by Gasteiger charge is 2.19. The second-order valence-corrected chi connectivity index (χ2v) is 6.27. The van der Waals surface area contributed by atoms with Crippen LogP contribution < -0.4 is 4.74 Å². The molecule has 0 spiro atoms. The summed E-state index contributed by atoms with van der Waals surface area (Å²) in [6.45, 7) is 10.2. The van der Waals surface area contributed by atoms with Gasteiger partial charge >= 0.3 is 0 Å². The Morgan fingerprint density at radius 1 is 1.29 bits per heavy atom. The molecule has 1 aromatic rings. The normalized spacial score (nSPS) is 11.7. The summed E-state index contributed by atoms with van der Waals surface area (Å²) in [6.07, 6.45) is 0.892. The van der Waals surface area contributed by atoms with Gasteiger partial charge in [-0.1, -0.05) is 20.8 Å². The molecule has 0 atom stereocenters. The van der Waals surface area contributed by atoms with Crippen molar-refractivity contribution in [3.05, 3.63) is 27.7 Å². The van der Waals surface area contributed by atoms with Crippen LogP contribution in [0.1, 0.15) is 50.5 Å². The van der Waals surface area contributed by atoms with E-state index in [9.17, 15) is 4.79 Å². The van der Waals surface area contributed by atoms with Crippen LogP contribution in [0.15, 0.2) is 16.6 Å². The molecule has 94 valence electrons. The van der Waals surface area contributed by atoms with Gasteiger partial charge in [-0.2, -0.15) is 0 Å². The zero-order chi connectivity index (χ0) is 13.2. The number of carbonyl (C=O) groups is 1. The number of ether oxygens (including phenoxy) is 1. The van der Waals surface area contributed by atoms with Crippen molar-refractivity contribution in [1.82, 2.24) is 0 Å². The van der Waals surface area contributed by atoms with Crippen LogP contribution in [0.5, 0.6) is 5.75 Å². The maximum absolute atomic E-state index is 11.1. The SMILES string of the molecule is CC(C)Oc1c(Br)cc(C(C)(C)C)cc1C=O. The molecule has 0 aliphatic carbocycles. The molecule has 3 heteroatoms. The number of benzene rings is 1. The van der Waals surface area contributed by atoms with E-state index < -0.39 is 0 Å². The van der Waals surface area contributed by atoms with Crippen molar-refractivity contribution < 1.29 is 9.53 Å². The fraction of sp³-hybridized carbons (Fsp3) is 0.500. The molecule has 0 aliphatic rings. The minimum Gasteiger partial charge on any atom is -0.489 e. The molecule has 0 saturated carbocycles. The van der Waals surface area contributed by atoms with Crippen molar-refractivity contribution in [2.24, 2.45) is 0 Å². The van der Waals surface area contributed by atoms with E-state index >= 15 is 0 Å². The van der Waals surface area contributed by atoms with Crippen LogP contribution >= 0.6 is 15.9 Å². The van der Waals surface area contributed by atoms with Crippen LogP contribution in [0.25, 0.3) is 0 Å². The second kappa shape index (κ2) is 5.21. The van der Waals surface area contributed by atoms with E-state index in [-0.39, 0.29) is 11.5 Å². The third kappa shape index (κ3) is 3.56. The third-order valence-electron chi connectivity index (χ3n) is 2.42. The summed E-state index contributed by atoms with van der Waals surface area (Å²) in [5.74, 6) is 0.628. The summed E-state index contributed by atoms with van der Waals surface area (Å²) < 4.78 is 6.49. The highest BCUT2D eigenvalue weighted by molar-refractivity contribution is 9.10. The molecule has 0 amide bonds. The summed E-state index contributed by atoms with van der Waals surface area (Å²) in [5, 5.41) is 0. The first-order chi connectivity index (χ1) is 7.75. The van der Waals surface area contributed by atoms with Crippen molar-refractivity contribution in [2.45, 2.75) is 46.1 Å². The first kappa shape index (κ1) is 14.2. The van der Waals surface area contributed by atoms with Gasteiger partial charge in [0.05, 0.1) is 16.1 Å². The lowest BCUT2D eigenvalue weighted by Crippen LogP contribution is -2.13. The van der Waals surface area contributed by atoms with Crippen LogP contribution in [0.3, 0.4) is 0 Å². The van der Waals surface area contributed by atoms with Gasteiger partial charge < -0.3 is 4.74 Å². The predicted octanol–water partition coefficient (Wildman–Crippen LogP) is 4.35. The minimum atomic E-state index is 0.0106. The largest absolute Gasteiger partial charge is 0.489 e. The van der Waals surface area contributed by atoms with Gasteiger partial charge in [0.25, 0.3) is 0 Å². The first-order valence-corrected chi connectivity index (χ1v) is 6.51. The van der Waals surface area contributed by atoms with Gasteiger partial charge in [0.15, 0.2) is 6.29 Å². The molecule has 2 nitrogen and oxygen atoms in total. The van der Waals surface area contributed by atoms with Gasteiger partial charge in [-0.3, -0.25) is 4.79 Å². The number of carbonyl (C=O) groups excluding carboxylic acids is 1. The van der Waals surface area contributed by atoms with Crippen molar-refractivity contribution in [3.8, 4) is 5.75 Å². The second-order valence-electron chi connectivity index (χ2n) is 5.41. The van der Waals surface area contributed by atoms with Crippen LogP contribution in [-0.4, -0.2) is 12.4 Å². The smallest absolute Gasteiger partial charge is 0.153 e. The molecule has 0 N–H and O–H groups in total. The standard InChI is InChI=1S/C14H19BrO2/c1-9(2)17-13-10(8-16)6-11(7-12(13)15)14(3,4)5/h6-9H,1-5H3. The van der Waals surface area contributed by atoms with E-state index in [1.54, 1.807) is 0 Å². The molecule has 0 bridgehead atoms. The molecule has 1 rings (SSSR count). The molecular weight excluding hydrogens is 280 g/mol. The Hall–Kier alpha value is -0.830. The number of rotatable bonds is 3. The van der Waals surface area contributed by atoms with Gasteiger partial charge in [0, 0.05) is 0 Å². The molecule has 0 aromatic heterocycles. The molecule has 0 fully saturated rings. The molecule has 0 heterocycles. The van der Waals surface area contributed by atoms with Crippen LogP contribution in [0.4, 0.5) is 0 Å². The Labute approximate surface area is 111 Å². The average Bonchev–Trinajstić information content (AvgIpc) is 2.18. The van der Waals surface area contributed by atoms with E-state index in [0.717, 1.165) is 16.3 Å². The van der Waals surface area contributed by atoms with Gasteiger partial charge in [-0.05, 0) is 52.9 Å². The number of hydrogen-bond donors (Lipinski definition) is 0. The molecular formula is C14H19BrO2. The zero-order valence-corrected chi connectivity index (χ0v) is 12.6. The van der Waals surface area contributed by atoms with Crippen LogP contribution in [0, 0.1) is 0 Å². The van der Waals surface area contributed by atoms with E-state index in [1.807, 2.05) is 26.0 Å². The predicted molar refractivity (Wildman–Crippen MR) is 74.0 cm³/mol. The lowest BCUT2D eigenvalue weighted by atomic mass is 9.86. The fourth-order valence-corrected chi connectivity index (χ4v) is 2.06. The van der Waals surface area contributed by atoms with Crippen LogP contribution in [0.2, 0.25) is 0 Å². The quantitative estimate of drug-likeness (QED) is 0.776. The monoisotopic (exact) mass is 298 g/mol. The Bertz CT molecular complexity index is 417. The van der Waals surface area contributed by atoms with E-state index in [4.69, 9.17) is 4.74 Å².